The second-order valence-electron chi connectivity index (χ2n) is 6.99. The summed E-state index contributed by atoms with van der Waals surface area (Å²) in [5.41, 5.74) is 0. The van der Waals surface area contributed by atoms with E-state index in [1.165, 1.54) is 0 Å². The second-order valence-corrected chi connectivity index (χ2v) is 25.5. The van der Waals surface area contributed by atoms with Gasteiger partial charge in [0.15, 0.2) is 33.3 Å². The SMILES string of the molecule is C[Si](C)(O)C([Si](C)(C)O)([Si](C)(C)O)[Si](C)(C)O. The number of rotatable bonds is 4. The maximum Gasteiger partial charge on any atom is 0.187 e. The molecule has 0 aromatic rings. The molecule has 0 amide bonds. The Balaban J connectivity index is 6.37. The first-order valence-electron chi connectivity index (χ1n) is 5.89. The van der Waals surface area contributed by atoms with E-state index in [-0.39, 0.29) is 0 Å². The lowest BCUT2D eigenvalue weighted by atomic mass is 11.6. The Kier molecular flexibility index (Phi) is 4.55. The Labute approximate surface area is 109 Å². The molecule has 17 heavy (non-hydrogen) atoms. The molecular formula is C9H28O4Si4. The summed E-state index contributed by atoms with van der Waals surface area (Å²) in [6.45, 7) is 13.8. The predicted molar refractivity (Wildman–Crippen MR) is 81.5 cm³/mol. The lowest BCUT2D eigenvalue weighted by Crippen LogP contribution is -2.78. The van der Waals surface area contributed by atoms with E-state index in [9.17, 15) is 19.2 Å². The average molecular weight is 313 g/mol. The largest absolute Gasteiger partial charge is 0.432 e. The molecule has 0 bridgehead atoms. The van der Waals surface area contributed by atoms with Gasteiger partial charge in [-0.3, -0.25) is 0 Å². The highest BCUT2D eigenvalue weighted by Gasteiger charge is 2.73. The number of hydrogen-bond donors (Lipinski definition) is 4. The predicted octanol–water partition coefficient (Wildman–Crippen LogP) is 1.13. The van der Waals surface area contributed by atoms with Crippen molar-refractivity contribution in [2.45, 2.75) is 56.3 Å². The van der Waals surface area contributed by atoms with E-state index in [1.807, 2.05) is 0 Å². The van der Waals surface area contributed by atoms with Gasteiger partial charge >= 0.3 is 0 Å². The van der Waals surface area contributed by atoms with Crippen LogP contribution < -0.4 is 0 Å². The fraction of sp³-hybridized carbons (Fsp3) is 1.00. The minimum atomic E-state index is -2.91. The molecule has 0 unspecified atom stereocenters. The quantitative estimate of drug-likeness (QED) is 0.587. The van der Waals surface area contributed by atoms with Gasteiger partial charge in [0.2, 0.25) is 0 Å². The van der Waals surface area contributed by atoms with Crippen molar-refractivity contribution < 1.29 is 19.2 Å². The lowest BCUT2D eigenvalue weighted by Gasteiger charge is -2.58. The van der Waals surface area contributed by atoms with Crippen LogP contribution in [0.25, 0.3) is 0 Å². The summed E-state index contributed by atoms with van der Waals surface area (Å²) in [4.78, 5) is 42.8. The van der Waals surface area contributed by atoms with Crippen molar-refractivity contribution in [3.05, 3.63) is 0 Å². The molecule has 0 fully saturated rings. The van der Waals surface area contributed by atoms with Crippen LogP contribution in [0.1, 0.15) is 0 Å². The van der Waals surface area contributed by atoms with Crippen LogP contribution in [0.5, 0.6) is 0 Å². The molecule has 0 rings (SSSR count). The van der Waals surface area contributed by atoms with Crippen molar-refractivity contribution in [1.82, 2.24) is 0 Å². The van der Waals surface area contributed by atoms with E-state index in [0.717, 1.165) is 0 Å². The van der Waals surface area contributed by atoms with Crippen LogP contribution in [-0.4, -0.2) is 52.5 Å². The normalized spacial score (nSPS) is 16.2. The topological polar surface area (TPSA) is 80.9 Å². The first-order valence-corrected chi connectivity index (χ1v) is 17.7. The second kappa shape index (κ2) is 4.37. The van der Waals surface area contributed by atoms with Gasteiger partial charge in [-0.15, -0.1) is 0 Å². The minimum Gasteiger partial charge on any atom is -0.432 e. The Morgan fingerprint density at radius 1 is 0.471 bits per heavy atom. The third-order valence-electron chi connectivity index (χ3n) is 3.67. The van der Waals surface area contributed by atoms with E-state index in [4.69, 9.17) is 0 Å². The van der Waals surface area contributed by atoms with Crippen LogP contribution >= 0.6 is 0 Å². The standard InChI is InChI=1S/C9H28O4Si4/c1-14(2,10)9(15(3,4)11,16(5,6)12)17(7,8)13/h10-13H,1-8H3. The molecule has 4 N–H and O–H groups in total. The Bertz CT molecular complexity index is 218. The van der Waals surface area contributed by atoms with Gasteiger partial charge < -0.3 is 19.2 Å². The molecule has 0 saturated heterocycles. The fourth-order valence-electron chi connectivity index (χ4n) is 4.49. The van der Waals surface area contributed by atoms with Crippen molar-refractivity contribution in [1.29, 1.82) is 0 Å². The fourth-order valence-corrected chi connectivity index (χ4v) is 40.4. The molecule has 0 saturated carbocycles. The van der Waals surface area contributed by atoms with E-state index in [2.05, 4.69) is 0 Å². The summed E-state index contributed by atoms with van der Waals surface area (Å²) in [6, 6.07) is 0. The summed E-state index contributed by atoms with van der Waals surface area (Å²) < 4.78 is -0.972. The lowest BCUT2D eigenvalue weighted by molar-refractivity contribution is 0.449. The average Bonchev–Trinajstić information content (AvgIpc) is 1.67. The highest BCUT2D eigenvalue weighted by Crippen LogP contribution is 2.55. The zero-order valence-corrected chi connectivity index (χ0v) is 16.3. The van der Waals surface area contributed by atoms with Gasteiger partial charge in [-0.2, -0.15) is 0 Å². The smallest absolute Gasteiger partial charge is 0.187 e. The first kappa shape index (κ1) is 17.7. The van der Waals surface area contributed by atoms with Gasteiger partial charge in [0.05, 0.1) is 0 Å². The first-order chi connectivity index (χ1) is 7.00. The highest BCUT2D eigenvalue weighted by molar-refractivity contribution is 7.24. The third-order valence-corrected chi connectivity index (χ3v) is 33.0. The van der Waals surface area contributed by atoms with Crippen LogP contribution in [0.2, 0.25) is 56.3 Å². The molecule has 8 heteroatoms. The molecule has 0 atom stereocenters. The summed E-state index contributed by atoms with van der Waals surface area (Å²) in [5, 5.41) is 0. The van der Waals surface area contributed by atoms with Crippen LogP contribution in [0.15, 0.2) is 0 Å². The van der Waals surface area contributed by atoms with Gasteiger partial charge in [-0.05, 0) is 52.4 Å². The zero-order chi connectivity index (χ0) is 14.5. The van der Waals surface area contributed by atoms with Crippen LogP contribution in [0.3, 0.4) is 0 Å². The summed E-state index contributed by atoms with van der Waals surface area (Å²) in [7, 11) is -11.6. The maximum absolute atomic E-state index is 10.7. The van der Waals surface area contributed by atoms with Gasteiger partial charge in [-0.1, -0.05) is 0 Å². The van der Waals surface area contributed by atoms with E-state index in [0.29, 0.717) is 0 Å². The van der Waals surface area contributed by atoms with Gasteiger partial charge in [0, 0.05) is 3.91 Å². The molecule has 0 aliphatic heterocycles. The zero-order valence-electron chi connectivity index (χ0n) is 12.3. The van der Waals surface area contributed by atoms with Crippen LogP contribution in [-0.2, 0) is 0 Å². The van der Waals surface area contributed by atoms with E-state index in [1.54, 1.807) is 52.4 Å². The Hall–Kier alpha value is 0.708. The molecule has 0 radical (unpaired) electrons. The molecule has 0 aromatic heterocycles. The monoisotopic (exact) mass is 312 g/mol. The molecule has 104 valence electrons. The summed E-state index contributed by atoms with van der Waals surface area (Å²) >= 11 is 0. The Morgan fingerprint density at radius 2 is 0.588 bits per heavy atom. The summed E-state index contributed by atoms with van der Waals surface area (Å²) in [6.07, 6.45) is 0. The van der Waals surface area contributed by atoms with Crippen molar-refractivity contribution in [2.75, 3.05) is 0 Å². The maximum atomic E-state index is 10.7. The van der Waals surface area contributed by atoms with Crippen molar-refractivity contribution in [3.63, 3.8) is 0 Å². The van der Waals surface area contributed by atoms with Gasteiger partial charge in [0.25, 0.3) is 0 Å². The van der Waals surface area contributed by atoms with Crippen molar-refractivity contribution in [3.8, 4) is 0 Å². The van der Waals surface area contributed by atoms with Crippen LogP contribution in [0.4, 0.5) is 0 Å². The molecule has 0 spiro atoms. The third kappa shape index (κ3) is 2.68. The van der Waals surface area contributed by atoms with Crippen molar-refractivity contribution >= 4 is 33.3 Å². The van der Waals surface area contributed by atoms with Gasteiger partial charge in [-0.25, -0.2) is 0 Å². The van der Waals surface area contributed by atoms with E-state index < -0.39 is 37.2 Å². The number of hydrogen-bond acceptors (Lipinski definition) is 4. The Morgan fingerprint density at radius 3 is 0.588 bits per heavy atom. The minimum absolute atomic E-state index is 0.972. The molecule has 4 nitrogen and oxygen atoms in total. The molecular weight excluding hydrogens is 284 g/mol. The molecule has 0 aliphatic carbocycles. The van der Waals surface area contributed by atoms with Gasteiger partial charge in [0.1, 0.15) is 0 Å². The highest BCUT2D eigenvalue weighted by atomic mass is 28.5. The summed E-state index contributed by atoms with van der Waals surface area (Å²) in [5.74, 6) is 0. The molecule has 0 aliphatic rings. The molecule has 0 aromatic carbocycles. The van der Waals surface area contributed by atoms with E-state index >= 15 is 0 Å². The van der Waals surface area contributed by atoms with Crippen molar-refractivity contribution in [2.24, 2.45) is 0 Å². The van der Waals surface area contributed by atoms with Crippen LogP contribution in [0, 0.1) is 0 Å². The molecule has 0 heterocycles.